The quantitative estimate of drug-likeness (QED) is 0.386. The number of halogens is 3. The Bertz CT molecular complexity index is 1340. The molecule has 36 heavy (non-hydrogen) atoms. The summed E-state index contributed by atoms with van der Waals surface area (Å²) in [5, 5.41) is 8.58. The predicted molar refractivity (Wildman–Crippen MR) is 142 cm³/mol. The number of piperazine rings is 1. The van der Waals surface area contributed by atoms with Crippen LogP contribution < -0.4 is 14.4 Å². The van der Waals surface area contributed by atoms with E-state index in [4.69, 9.17) is 39.5 Å². The van der Waals surface area contributed by atoms with E-state index in [2.05, 4.69) is 37.8 Å². The maximum atomic E-state index is 13.0. The Morgan fingerprint density at radius 2 is 1.72 bits per heavy atom. The van der Waals surface area contributed by atoms with Crippen LogP contribution in [0.3, 0.4) is 0 Å². The number of aromatic nitrogens is 3. The van der Waals surface area contributed by atoms with Crippen LogP contribution in [0.1, 0.15) is 25.7 Å². The SMILES string of the molecule is CCn1c(Oc2cccc(N3CCN(C)CC3)c2)nnc1[C@@H](C)NS(=O)(=O)c1cc(Cl)c(Cl)cc1Cl. The van der Waals surface area contributed by atoms with E-state index >= 15 is 0 Å². The third-order valence-electron chi connectivity index (χ3n) is 5.94. The molecule has 194 valence electrons. The van der Waals surface area contributed by atoms with Crippen LogP contribution in [0.2, 0.25) is 15.1 Å². The van der Waals surface area contributed by atoms with E-state index in [-0.39, 0.29) is 26.0 Å². The van der Waals surface area contributed by atoms with Gasteiger partial charge >= 0.3 is 6.01 Å². The van der Waals surface area contributed by atoms with Gasteiger partial charge in [0.2, 0.25) is 10.0 Å². The summed E-state index contributed by atoms with van der Waals surface area (Å²) < 4.78 is 36.4. The highest BCUT2D eigenvalue weighted by molar-refractivity contribution is 7.89. The van der Waals surface area contributed by atoms with Crippen molar-refractivity contribution >= 4 is 50.5 Å². The zero-order valence-electron chi connectivity index (χ0n) is 20.1. The molecule has 1 aromatic heterocycles. The van der Waals surface area contributed by atoms with Gasteiger partial charge in [0.15, 0.2) is 5.82 Å². The number of hydrogen-bond acceptors (Lipinski definition) is 7. The number of ether oxygens (including phenoxy) is 1. The number of nitrogens with one attached hydrogen (secondary N) is 1. The fourth-order valence-corrected chi connectivity index (χ4v) is 6.17. The van der Waals surface area contributed by atoms with Crippen molar-refractivity contribution in [2.75, 3.05) is 38.1 Å². The smallest absolute Gasteiger partial charge is 0.322 e. The van der Waals surface area contributed by atoms with Crippen LogP contribution in [0.15, 0.2) is 41.3 Å². The van der Waals surface area contributed by atoms with E-state index in [0.29, 0.717) is 18.1 Å². The number of likely N-dealkylation sites (N-methyl/N-ethyl adjacent to an activating group) is 1. The molecule has 0 radical (unpaired) electrons. The summed E-state index contributed by atoms with van der Waals surface area (Å²) in [5.74, 6) is 1.01. The van der Waals surface area contributed by atoms with Crippen molar-refractivity contribution in [2.45, 2.75) is 31.3 Å². The fourth-order valence-electron chi connectivity index (χ4n) is 3.97. The number of hydrogen-bond donors (Lipinski definition) is 1. The maximum Gasteiger partial charge on any atom is 0.322 e. The molecule has 0 unspecified atom stereocenters. The van der Waals surface area contributed by atoms with E-state index in [0.717, 1.165) is 31.9 Å². The first-order valence-corrected chi connectivity index (χ1v) is 14.0. The zero-order valence-corrected chi connectivity index (χ0v) is 23.2. The largest absolute Gasteiger partial charge is 0.424 e. The van der Waals surface area contributed by atoms with E-state index in [1.165, 1.54) is 12.1 Å². The van der Waals surface area contributed by atoms with Crippen LogP contribution in [-0.2, 0) is 16.6 Å². The van der Waals surface area contributed by atoms with Crippen LogP contribution in [0.4, 0.5) is 5.69 Å². The lowest BCUT2D eigenvalue weighted by Gasteiger charge is -2.34. The van der Waals surface area contributed by atoms with Crippen LogP contribution in [-0.4, -0.2) is 61.3 Å². The minimum atomic E-state index is -4.03. The standard InChI is InChI=1S/C23H27Cl3N6O3S/c1-4-32-22(15(2)29-36(33,34)21-14-19(25)18(24)13-20(21)26)27-28-23(32)35-17-7-5-6-16(12-17)31-10-8-30(3)9-11-31/h5-7,12-15,29H,4,8-11H2,1-3H3/t15-/m1/s1. The van der Waals surface area contributed by atoms with Crippen molar-refractivity contribution in [1.82, 2.24) is 24.4 Å². The maximum absolute atomic E-state index is 13.0. The van der Waals surface area contributed by atoms with Gasteiger partial charge in [0.25, 0.3) is 0 Å². The minimum Gasteiger partial charge on any atom is -0.424 e. The van der Waals surface area contributed by atoms with E-state index < -0.39 is 16.1 Å². The lowest BCUT2D eigenvalue weighted by atomic mass is 10.2. The monoisotopic (exact) mass is 572 g/mol. The molecule has 1 fully saturated rings. The molecule has 0 bridgehead atoms. The first-order valence-electron chi connectivity index (χ1n) is 11.4. The number of nitrogens with zero attached hydrogens (tertiary/aromatic N) is 5. The van der Waals surface area contributed by atoms with Gasteiger partial charge in [0, 0.05) is 44.5 Å². The van der Waals surface area contributed by atoms with Crippen molar-refractivity contribution in [2.24, 2.45) is 0 Å². The summed E-state index contributed by atoms with van der Waals surface area (Å²) >= 11 is 18.1. The van der Waals surface area contributed by atoms with Gasteiger partial charge in [-0.05, 0) is 45.2 Å². The van der Waals surface area contributed by atoms with Gasteiger partial charge in [-0.3, -0.25) is 4.57 Å². The molecule has 2 aromatic carbocycles. The van der Waals surface area contributed by atoms with Gasteiger partial charge in [-0.25, -0.2) is 13.1 Å². The van der Waals surface area contributed by atoms with E-state index in [1.807, 2.05) is 25.1 Å². The molecule has 0 saturated carbocycles. The zero-order chi connectivity index (χ0) is 26.0. The van der Waals surface area contributed by atoms with Gasteiger partial charge in [0.05, 0.1) is 21.1 Å². The molecule has 9 nitrogen and oxygen atoms in total. The summed E-state index contributed by atoms with van der Waals surface area (Å²) in [7, 11) is -1.91. The van der Waals surface area contributed by atoms with Crippen LogP contribution >= 0.6 is 34.8 Å². The van der Waals surface area contributed by atoms with E-state index in [1.54, 1.807) is 11.5 Å². The molecular formula is C23H27Cl3N6O3S. The molecule has 1 aliphatic heterocycles. The summed E-state index contributed by atoms with van der Waals surface area (Å²) in [4.78, 5) is 4.44. The first-order chi connectivity index (χ1) is 17.1. The second-order valence-electron chi connectivity index (χ2n) is 8.51. The molecule has 1 atom stereocenters. The highest BCUT2D eigenvalue weighted by Gasteiger charge is 2.26. The number of sulfonamides is 1. The molecule has 4 rings (SSSR count). The number of rotatable bonds is 8. The third-order valence-corrected chi connectivity index (χ3v) is 8.67. The van der Waals surface area contributed by atoms with Crippen molar-refractivity contribution in [1.29, 1.82) is 0 Å². The normalized spacial score (nSPS) is 15.8. The van der Waals surface area contributed by atoms with Crippen LogP contribution in [0.25, 0.3) is 0 Å². The Kier molecular flexibility index (Phi) is 8.33. The Hall–Kier alpha value is -2.08. The van der Waals surface area contributed by atoms with Gasteiger partial charge < -0.3 is 14.5 Å². The summed E-state index contributed by atoms with van der Waals surface area (Å²) in [5.41, 5.74) is 1.07. The van der Waals surface area contributed by atoms with Crippen molar-refractivity contribution in [3.8, 4) is 11.8 Å². The molecule has 13 heteroatoms. The van der Waals surface area contributed by atoms with Gasteiger partial charge in [0.1, 0.15) is 10.6 Å². The lowest BCUT2D eigenvalue weighted by Crippen LogP contribution is -2.44. The average molecular weight is 574 g/mol. The molecule has 1 N–H and O–H groups in total. The summed E-state index contributed by atoms with van der Waals surface area (Å²) in [6.07, 6.45) is 0. The average Bonchev–Trinajstić information content (AvgIpc) is 3.24. The predicted octanol–water partition coefficient (Wildman–Crippen LogP) is 4.84. The van der Waals surface area contributed by atoms with Crippen molar-refractivity contribution < 1.29 is 13.2 Å². The van der Waals surface area contributed by atoms with Gasteiger partial charge in [-0.2, -0.15) is 0 Å². The Labute approximate surface area is 226 Å². The molecule has 1 saturated heterocycles. The molecule has 1 aliphatic rings. The summed E-state index contributed by atoms with van der Waals surface area (Å²) in [6, 6.07) is 9.86. The molecule has 0 aliphatic carbocycles. The van der Waals surface area contributed by atoms with E-state index in [9.17, 15) is 8.42 Å². The Morgan fingerprint density at radius 1 is 1.03 bits per heavy atom. The molecule has 0 amide bonds. The molecule has 0 spiro atoms. The van der Waals surface area contributed by atoms with Gasteiger partial charge in [-0.15, -0.1) is 5.10 Å². The summed E-state index contributed by atoms with van der Waals surface area (Å²) in [6.45, 7) is 7.91. The fraction of sp³-hybridized carbons (Fsp3) is 0.391. The van der Waals surface area contributed by atoms with Crippen molar-refractivity contribution in [3.63, 3.8) is 0 Å². The topological polar surface area (TPSA) is 92.6 Å². The van der Waals surface area contributed by atoms with Crippen molar-refractivity contribution in [3.05, 3.63) is 57.3 Å². The number of anilines is 1. The highest BCUT2D eigenvalue weighted by atomic mass is 35.5. The molecule has 2 heterocycles. The Balaban J connectivity index is 1.53. The van der Waals surface area contributed by atoms with Crippen LogP contribution in [0.5, 0.6) is 11.8 Å². The Morgan fingerprint density at radius 3 is 2.42 bits per heavy atom. The molecular weight excluding hydrogens is 547 g/mol. The van der Waals surface area contributed by atoms with Crippen LogP contribution in [0, 0.1) is 0 Å². The number of benzene rings is 2. The second-order valence-corrected chi connectivity index (χ2v) is 11.4. The first kappa shape index (κ1) is 27.0. The minimum absolute atomic E-state index is 0.0367. The van der Waals surface area contributed by atoms with Gasteiger partial charge in [-0.1, -0.05) is 46.0 Å². The molecule has 3 aromatic rings. The highest BCUT2D eigenvalue weighted by Crippen LogP contribution is 2.33. The lowest BCUT2D eigenvalue weighted by molar-refractivity contribution is 0.312. The third kappa shape index (κ3) is 5.90. The second kappa shape index (κ2) is 11.1.